The van der Waals surface area contributed by atoms with Crippen molar-refractivity contribution in [2.24, 2.45) is 0 Å². The predicted octanol–water partition coefficient (Wildman–Crippen LogP) is 5.33. The number of halogens is 1. The highest BCUT2D eigenvalue weighted by atomic mass is 35.5. The largest absolute Gasteiger partial charge is 0.369 e. The Hall–Kier alpha value is -2.82. The lowest BCUT2D eigenvalue weighted by molar-refractivity contribution is -0.133. The summed E-state index contributed by atoms with van der Waals surface area (Å²) in [5.74, 6) is 0.232. The topological polar surface area (TPSA) is 26.8 Å². The van der Waals surface area contributed by atoms with Gasteiger partial charge in [-0.25, -0.2) is 0 Å². The third-order valence-electron chi connectivity index (χ3n) is 7.14. The molecule has 0 bridgehead atoms. The van der Waals surface area contributed by atoms with Gasteiger partial charge in [-0.15, -0.1) is 0 Å². The summed E-state index contributed by atoms with van der Waals surface area (Å²) in [5, 5.41) is 0.788. The monoisotopic (exact) mass is 473 g/mol. The van der Waals surface area contributed by atoms with E-state index in [1.807, 2.05) is 24.3 Å². The van der Waals surface area contributed by atoms with E-state index in [0.717, 1.165) is 56.3 Å². The molecule has 0 aliphatic carbocycles. The van der Waals surface area contributed by atoms with Crippen LogP contribution in [0.25, 0.3) is 0 Å². The summed E-state index contributed by atoms with van der Waals surface area (Å²) < 4.78 is 0. The van der Waals surface area contributed by atoms with Gasteiger partial charge in [-0.2, -0.15) is 0 Å². The van der Waals surface area contributed by atoms with Crippen LogP contribution < -0.4 is 4.90 Å². The van der Waals surface area contributed by atoms with Crippen LogP contribution in [-0.2, 0) is 11.2 Å². The molecule has 4 nitrogen and oxygen atoms in total. The first kappa shape index (κ1) is 22.9. The Morgan fingerprint density at radius 1 is 0.882 bits per heavy atom. The normalized spacial score (nSPS) is 18.8. The number of fused-ring (bicyclic) bond motifs is 1. The van der Waals surface area contributed by atoms with Gasteiger partial charge in [0.05, 0.1) is 12.5 Å². The molecule has 1 amide bonds. The van der Waals surface area contributed by atoms with Gasteiger partial charge in [-0.3, -0.25) is 9.69 Å². The molecule has 3 aromatic rings. The van der Waals surface area contributed by atoms with Crippen LogP contribution in [0.4, 0.5) is 5.69 Å². The van der Waals surface area contributed by atoms with E-state index in [0.29, 0.717) is 6.42 Å². The van der Waals surface area contributed by atoms with Crippen molar-refractivity contribution >= 4 is 23.2 Å². The number of anilines is 1. The second kappa shape index (κ2) is 10.2. The number of benzene rings is 3. The molecule has 0 spiro atoms. The maximum atomic E-state index is 13.2. The maximum absolute atomic E-state index is 13.2. The molecule has 5 heteroatoms. The summed E-state index contributed by atoms with van der Waals surface area (Å²) >= 11 is 6.17. The summed E-state index contributed by atoms with van der Waals surface area (Å²) in [7, 11) is 0. The summed E-state index contributed by atoms with van der Waals surface area (Å²) in [6.45, 7) is 7.96. The molecule has 0 N–H and O–H groups in total. The Morgan fingerprint density at radius 2 is 1.65 bits per heavy atom. The van der Waals surface area contributed by atoms with Gasteiger partial charge in [-0.1, -0.05) is 71.8 Å². The highest BCUT2D eigenvalue weighted by Crippen LogP contribution is 2.36. The maximum Gasteiger partial charge on any atom is 0.227 e. The molecule has 1 fully saturated rings. The zero-order chi connectivity index (χ0) is 23.5. The van der Waals surface area contributed by atoms with Crippen LogP contribution in [0.5, 0.6) is 0 Å². The van der Waals surface area contributed by atoms with E-state index >= 15 is 0 Å². The van der Waals surface area contributed by atoms with Crippen LogP contribution in [-0.4, -0.2) is 55.0 Å². The van der Waals surface area contributed by atoms with Gasteiger partial charge < -0.3 is 9.80 Å². The van der Waals surface area contributed by atoms with Crippen LogP contribution in [0.3, 0.4) is 0 Å². The third kappa shape index (κ3) is 4.98. The van der Waals surface area contributed by atoms with E-state index < -0.39 is 0 Å². The number of hydrogen-bond acceptors (Lipinski definition) is 3. The quantitative estimate of drug-likeness (QED) is 0.483. The highest BCUT2D eigenvalue weighted by molar-refractivity contribution is 6.30. The van der Waals surface area contributed by atoms with Crippen LogP contribution in [0.1, 0.15) is 34.7 Å². The smallest absolute Gasteiger partial charge is 0.227 e. The summed E-state index contributed by atoms with van der Waals surface area (Å²) in [5.41, 5.74) is 6.06. The lowest BCUT2D eigenvalue weighted by Crippen LogP contribution is -2.47. The minimum Gasteiger partial charge on any atom is -0.369 e. The molecule has 34 heavy (non-hydrogen) atoms. The number of aryl methyl sites for hydroxylation is 1. The lowest BCUT2D eigenvalue weighted by atomic mass is 9.87. The highest BCUT2D eigenvalue weighted by Gasteiger charge is 2.33. The minimum atomic E-state index is -0.00211. The van der Waals surface area contributed by atoms with Gasteiger partial charge in [0.2, 0.25) is 5.91 Å². The molecule has 5 rings (SSSR count). The molecule has 0 radical (unpaired) electrons. The van der Waals surface area contributed by atoms with Gasteiger partial charge in [0, 0.05) is 43.4 Å². The van der Waals surface area contributed by atoms with Crippen molar-refractivity contribution in [1.82, 2.24) is 9.80 Å². The standard InChI is InChI=1S/C29H32ClN3O/c1-22-10-12-23(13-11-22)29-27-9-3-2-6-24(27)20-28(34)33(29)15-5-14-31-16-18-32(19-17-31)26-8-4-7-25(30)21-26/h2-4,6-13,21,29H,5,14-20H2,1H3. The van der Waals surface area contributed by atoms with Gasteiger partial charge in [-0.05, 0) is 54.8 Å². The van der Waals surface area contributed by atoms with Gasteiger partial charge in [0.15, 0.2) is 0 Å². The number of carbonyl (C=O) groups excluding carboxylic acids is 1. The van der Waals surface area contributed by atoms with Crippen LogP contribution in [0, 0.1) is 6.92 Å². The Labute approximate surface area is 207 Å². The molecule has 2 aliphatic heterocycles. The van der Waals surface area contributed by atoms with E-state index in [2.05, 4.69) is 70.2 Å². The van der Waals surface area contributed by atoms with Crippen molar-refractivity contribution in [3.8, 4) is 0 Å². The third-order valence-corrected chi connectivity index (χ3v) is 7.37. The first-order valence-electron chi connectivity index (χ1n) is 12.3. The molecule has 2 aliphatic rings. The van der Waals surface area contributed by atoms with Gasteiger partial charge >= 0.3 is 0 Å². The average molecular weight is 474 g/mol. The van der Waals surface area contributed by atoms with Crippen molar-refractivity contribution in [2.45, 2.75) is 25.8 Å². The molecule has 1 atom stereocenters. The van der Waals surface area contributed by atoms with E-state index in [1.165, 1.54) is 22.4 Å². The first-order chi connectivity index (χ1) is 16.6. The second-order valence-corrected chi connectivity index (χ2v) is 9.87. The molecule has 0 aromatic heterocycles. The van der Waals surface area contributed by atoms with Crippen molar-refractivity contribution in [3.63, 3.8) is 0 Å². The average Bonchev–Trinajstić information content (AvgIpc) is 2.85. The Balaban J connectivity index is 1.23. The SMILES string of the molecule is Cc1ccc(C2c3ccccc3CC(=O)N2CCCN2CCN(c3cccc(Cl)c3)CC2)cc1. The fraction of sp³-hybridized carbons (Fsp3) is 0.345. The molecule has 1 saturated heterocycles. The van der Waals surface area contributed by atoms with Gasteiger partial charge in [0.25, 0.3) is 0 Å². The Kier molecular flexibility index (Phi) is 6.89. The summed E-state index contributed by atoms with van der Waals surface area (Å²) in [6.07, 6.45) is 1.48. The molecule has 1 unspecified atom stereocenters. The molecule has 0 saturated carbocycles. The predicted molar refractivity (Wildman–Crippen MR) is 140 cm³/mol. The van der Waals surface area contributed by atoms with E-state index in [9.17, 15) is 4.79 Å². The molecular formula is C29H32ClN3O. The van der Waals surface area contributed by atoms with E-state index in [4.69, 9.17) is 11.6 Å². The number of nitrogens with zero attached hydrogens (tertiary/aromatic N) is 3. The number of rotatable bonds is 6. The van der Waals surface area contributed by atoms with Crippen molar-refractivity contribution < 1.29 is 4.79 Å². The first-order valence-corrected chi connectivity index (χ1v) is 12.6. The molecule has 176 valence electrons. The van der Waals surface area contributed by atoms with Crippen LogP contribution in [0.2, 0.25) is 5.02 Å². The van der Waals surface area contributed by atoms with Crippen LogP contribution >= 0.6 is 11.6 Å². The van der Waals surface area contributed by atoms with E-state index in [1.54, 1.807) is 0 Å². The number of amides is 1. The zero-order valence-electron chi connectivity index (χ0n) is 19.8. The Morgan fingerprint density at radius 3 is 2.41 bits per heavy atom. The molecule has 2 heterocycles. The van der Waals surface area contributed by atoms with E-state index in [-0.39, 0.29) is 11.9 Å². The molecule has 3 aromatic carbocycles. The second-order valence-electron chi connectivity index (χ2n) is 9.44. The fourth-order valence-corrected chi connectivity index (χ4v) is 5.45. The number of hydrogen-bond donors (Lipinski definition) is 0. The minimum absolute atomic E-state index is 0.00211. The Bertz CT molecular complexity index is 1140. The number of carbonyl (C=O) groups is 1. The van der Waals surface area contributed by atoms with Crippen molar-refractivity contribution in [2.75, 3.05) is 44.2 Å². The summed E-state index contributed by atoms with van der Waals surface area (Å²) in [6, 6.07) is 25.2. The van der Waals surface area contributed by atoms with Crippen molar-refractivity contribution in [3.05, 3.63) is 100 Å². The summed E-state index contributed by atoms with van der Waals surface area (Å²) in [4.78, 5) is 20.2. The number of piperazine rings is 1. The molecular weight excluding hydrogens is 442 g/mol. The fourth-order valence-electron chi connectivity index (χ4n) is 5.27. The van der Waals surface area contributed by atoms with Gasteiger partial charge in [0.1, 0.15) is 0 Å². The van der Waals surface area contributed by atoms with Crippen molar-refractivity contribution in [1.29, 1.82) is 0 Å². The lowest BCUT2D eigenvalue weighted by Gasteiger charge is -2.39. The van der Waals surface area contributed by atoms with Crippen LogP contribution in [0.15, 0.2) is 72.8 Å². The zero-order valence-corrected chi connectivity index (χ0v) is 20.5.